The lowest BCUT2D eigenvalue weighted by Crippen LogP contribution is -2.02. The van der Waals surface area contributed by atoms with Gasteiger partial charge in [0.15, 0.2) is 0 Å². The maximum absolute atomic E-state index is 13.1. The molecule has 0 aliphatic heterocycles. The molecule has 0 unspecified atom stereocenters. The Morgan fingerprint density at radius 3 is 2.32 bits per heavy atom. The molecule has 0 bridgehead atoms. The quantitative estimate of drug-likeness (QED) is 0.920. The van der Waals surface area contributed by atoms with E-state index in [1.54, 1.807) is 6.07 Å². The van der Waals surface area contributed by atoms with E-state index in [-0.39, 0.29) is 5.75 Å². The minimum atomic E-state index is -0.675. The normalized spacial score (nSPS) is 10.5. The van der Waals surface area contributed by atoms with E-state index in [1.807, 2.05) is 12.1 Å². The van der Waals surface area contributed by atoms with E-state index in [2.05, 4.69) is 15.9 Å². The summed E-state index contributed by atoms with van der Waals surface area (Å²) in [4.78, 5) is 0. The van der Waals surface area contributed by atoms with Crippen LogP contribution in [0.4, 0.5) is 8.78 Å². The second kappa shape index (κ2) is 6.12. The average Bonchev–Trinajstić information content (AvgIpc) is 2.32. The molecule has 0 saturated heterocycles. The van der Waals surface area contributed by atoms with Gasteiger partial charge in [-0.2, -0.15) is 0 Å². The van der Waals surface area contributed by atoms with Crippen LogP contribution in [0.25, 0.3) is 0 Å². The van der Waals surface area contributed by atoms with Crippen molar-refractivity contribution in [2.75, 3.05) is 6.54 Å². The molecule has 0 spiro atoms. The molecule has 100 valence electrons. The predicted octanol–water partition coefficient (Wildman–Crippen LogP) is 4.02. The van der Waals surface area contributed by atoms with Crippen LogP contribution in [0.1, 0.15) is 5.56 Å². The Labute approximate surface area is 118 Å². The second-order valence-electron chi connectivity index (χ2n) is 4.01. The van der Waals surface area contributed by atoms with Crippen molar-refractivity contribution in [3.63, 3.8) is 0 Å². The minimum Gasteiger partial charge on any atom is -0.456 e. The van der Waals surface area contributed by atoms with Gasteiger partial charge in [0.25, 0.3) is 0 Å². The summed E-state index contributed by atoms with van der Waals surface area (Å²) in [6.45, 7) is 0.557. The van der Waals surface area contributed by atoms with E-state index in [0.29, 0.717) is 16.8 Å². The molecule has 2 rings (SSSR count). The summed E-state index contributed by atoms with van der Waals surface area (Å²) in [5.74, 6) is -0.743. The molecule has 0 radical (unpaired) electrons. The van der Waals surface area contributed by atoms with Crippen LogP contribution in [0.2, 0.25) is 0 Å². The largest absolute Gasteiger partial charge is 0.456 e. The monoisotopic (exact) mass is 327 g/mol. The first-order chi connectivity index (χ1) is 9.08. The van der Waals surface area contributed by atoms with Crippen LogP contribution >= 0.6 is 15.9 Å². The lowest BCUT2D eigenvalue weighted by atomic mass is 10.1. The number of halogens is 3. The molecule has 5 heteroatoms. The molecule has 0 atom stereocenters. The standard InChI is InChI=1S/C14H12BrF2NO/c15-13-5-9(3-4-18)1-2-14(13)19-12-7-10(16)6-11(17)8-12/h1-2,5-8H,3-4,18H2. The fraction of sp³-hybridized carbons (Fsp3) is 0.143. The average molecular weight is 328 g/mol. The predicted molar refractivity (Wildman–Crippen MR) is 73.3 cm³/mol. The molecular weight excluding hydrogens is 316 g/mol. The zero-order valence-electron chi connectivity index (χ0n) is 10.00. The number of hydrogen-bond donors (Lipinski definition) is 1. The third-order valence-corrected chi connectivity index (χ3v) is 3.11. The van der Waals surface area contributed by atoms with Gasteiger partial charge in [0.05, 0.1) is 4.47 Å². The van der Waals surface area contributed by atoms with E-state index in [0.717, 1.165) is 30.2 Å². The number of rotatable bonds is 4. The Kier molecular flexibility index (Phi) is 4.50. The highest BCUT2D eigenvalue weighted by Gasteiger charge is 2.06. The van der Waals surface area contributed by atoms with E-state index in [9.17, 15) is 8.78 Å². The van der Waals surface area contributed by atoms with Gasteiger partial charge >= 0.3 is 0 Å². The van der Waals surface area contributed by atoms with Gasteiger partial charge in [-0.05, 0) is 46.6 Å². The molecular formula is C14H12BrF2NO. The third-order valence-electron chi connectivity index (χ3n) is 2.49. The molecule has 0 heterocycles. The smallest absolute Gasteiger partial charge is 0.141 e. The molecule has 2 nitrogen and oxygen atoms in total. The van der Waals surface area contributed by atoms with Crippen LogP contribution in [0.5, 0.6) is 11.5 Å². The third kappa shape index (κ3) is 3.75. The first-order valence-corrected chi connectivity index (χ1v) is 6.50. The summed E-state index contributed by atoms with van der Waals surface area (Å²) in [5.41, 5.74) is 6.54. The lowest BCUT2D eigenvalue weighted by Gasteiger charge is -2.09. The fourth-order valence-electron chi connectivity index (χ4n) is 1.66. The number of ether oxygens (including phenoxy) is 1. The first kappa shape index (κ1) is 14.0. The highest BCUT2D eigenvalue weighted by molar-refractivity contribution is 9.10. The Hall–Kier alpha value is -1.46. The van der Waals surface area contributed by atoms with Crippen molar-refractivity contribution < 1.29 is 13.5 Å². The molecule has 2 N–H and O–H groups in total. The van der Waals surface area contributed by atoms with E-state index in [4.69, 9.17) is 10.5 Å². The van der Waals surface area contributed by atoms with Gasteiger partial charge in [0.1, 0.15) is 23.1 Å². The van der Waals surface area contributed by atoms with E-state index < -0.39 is 11.6 Å². The highest BCUT2D eigenvalue weighted by atomic mass is 79.9. The van der Waals surface area contributed by atoms with Crippen molar-refractivity contribution in [2.24, 2.45) is 5.73 Å². The number of benzene rings is 2. The molecule has 19 heavy (non-hydrogen) atoms. The Morgan fingerprint density at radius 1 is 1.05 bits per heavy atom. The molecule has 0 saturated carbocycles. The van der Waals surface area contributed by atoms with Crippen LogP contribution in [-0.4, -0.2) is 6.54 Å². The van der Waals surface area contributed by atoms with Crippen LogP contribution < -0.4 is 10.5 Å². The summed E-state index contributed by atoms with van der Waals surface area (Å²) in [5, 5.41) is 0. The van der Waals surface area contributed by atoms with Crippen LogP contribution in [0.15, 0.2) is 40.9 Å². The van der Waals surface area contributed by atoms with Crippen molar-refractivity contribution >= 4 is 15.9 Å². The van der Waals surface area contributed by atoms with Crippen molar-refractivity contribution in [3.05, 3.63) is 58.1 Å². The molecule has 0 aromatic heterocycles. The molecule has 0 aliphatic rings. The molecule has 0 fully saturated rings. The minimum absolute atomic E-state index is 0.116. The molecule has 2 aromatic carbocycles. The van der Waals surface area contributed by atoms with Crippen molar-refractivity contribution in [1.82, 2.24) is 0 Å². The van der Waals surface area contributed by atoms with Gasteiger partial charge in [-0.3, -0.25) is 0 Å². The summed E-state index contributed by atoms with van der Waals surface area (Å²) in [6, 6.07) is 8.53. The Morgan fingerprint density at radius 2 is 1.74 bits per heavy atom. The van der Waals surface area contributed by atoms with Gasteiger partial charge in [-0.1, -0.05) is 6.07 Å². The SMILES string of the molecule is NCCc1ccc(Oc2cc(F)cc(F)c2)c(Br)c1. The van der Waals surface area contributed by atoms with E-state index in [1.165, 1.54) is 0 Å². The summed E-state index contributed by atoms with van der Waals surface area (Å²) in [6.07, 6.45) is 0.757. The Balaban J connectivity index is 2.23. The maximum atomic E-state index is 13.1. The lowest BCUT2D eigenvalue weighted by molar-refractivity contribution is 0.465. The van der Waals surface area contributed by atoms with Gasteiger partial charge in [-0.15, -0.1) is 0 Å². The zero-order chi connectivity index (χ0) is 13.8. The molecule has 0 amide bonds. The van der Waals surface area contributed by atoms with Gasteiger partial charge in [0, 0.05) is 18.2 Å². The van der Waals surface area contributed by atoms with Gasteiger partial charge in [-0.25, -0.2) is 8.78 Å². The summed E-state index contributed by atoms with van der Waals surface area (Å²) in [7, 11) is 0. The first-order valence-electron chi connectivity index (χ1n) is 5.71. The van der Waals surface area contributed by atoms with E-state index >= 15 is 0 Å². The number of hydrogen-bond acceptors (Lipinski definition) is 2. The fourth-order valence-corrected chi connectivity index (χ4v) is 2.17. The van der Waals surface area contributed by atoms with Crippen molar-refractivity contribution in [2.45, 2.75) is 6.42 Å². The zero-order valence-corrected chi connectivity index (χ0v) is 11.6. The van der Waals surface area contributed by atoms with Crippen LogP contribution in [0.3, 0.4) is 0 Å². The Bertz CT molecular complexity index is 569. The van der Waals surface area contributed by atoms with Crippen molar-refractivity contribution in [3.8, 4) is 11.5 Å². The van der Waals surface area contributed by atoms with Crippen LogP contribution in [0, 0.1) is 11.6 Å². The molecule has 2 aromatic rings. The maximum Gasteiger partial charge on any atom is 0.141 e. The van der Waals surface area contributed by atoms with Gasteiger partial charge in [0.2, 0.25) is 0 Å². The summed E-state index contributed by atoms with van der Waals surface area (Å²) < 4.78 is 32.3. The van der Waals surface area contributed by atoms with Crippen molar-refractivity contribution in [1.29, 1.82) is 0 Å². The van der Waals surface area contributed by atoms with Gasteiger partial charge < -0.3 is 10.5 Å². The van der Waals surface area contributed by atoms with Crippen LogP contribution in [-0.2, 0) is 6.42 Å². The highest BCUT2D eigenvalue weighted by Crippen LogP contribution is 2.31. The topological polar surface area (TPSA) is 35.2 Å². The molecule has 0 aliphatic carbocycles. The number of nitrogens with two attached hydrogens (primary N) is 1. The summed E-state index contributed by atoms with van der Waals surface area (Å²) >= 11 is 3.36. The second-order valence-corrected chi connectivity index (χ2v) is 4.86.